The maximum absolute atomic E-state index is 4.72. The molecule has 1 heterocycles. The Kier molecular flexibility index (Phi) is 4.03. The molecule has 0 amide bonds. The molecule has 0 atom stereocenters. The Hall–Kier alpha value is -0.0851. The summed E-state index contributed by atoms with van der Waals surface area (Å²) in [4.78, 5) is 0. The zero-order valence-electron chi connectivity index (χ0n) is 3.92. The second-order valence-electron chi connectivity index (χ2n) is 1.19. The molecular formula is C3H7BFO2. The van der Waals surface area contributed by atoms with Crippen LogP contribution in [0.5, 0.6) is 0 Å². The summed E-state index contributed by atoms with van der Waals surface area (Å²) in [6, 6.07) is 0. The molecule has 0 aromatic rings. The fraction of sp³-hybridized carbons (Fsp3) is 1.00. The first-order chi connectivity index (χ1) is 3.00. The van der Waals surface area contributed by atoms with E-state index < -0.39 is 0 Å². The summed E-state index contributed by atoms with van der Waals surface area (Å²) in [5.41, 5.74) is 0. The molecule has 1 aliphatic heterocycles. The van der Waals surface area contributed by atoms with E-state index in [1.165, 1.54) is 7.69 Å². The Morgan fingerprint density at radius 2 is 1.71 bits per heavy atom. The third kappa shape index (κ3) is 2.59. The van der Waals surface area contributed by atoms with E-state index in [-0.39, 0.29) is 4.70 Å². The molecule has 0 spiro atoms. The molecule has 0 aromatic carbocycles. The standard InChI is InChI=1S/C3H6BO2.FH/c1-2-5-4-6-3-1;/h1-3H2;1H. The molecular weight excluding hydrogens is 97.8 g/mol. The minimum Gasteiger partial charge on any atom is -0.413 e. The molecule has 1 fully saturated rings. The number of hydrogen-bond donors (Lipinski definition) is 0. The summed E-state index contributed by atoms with van der Waals surface area (Å²) in [7, 11) is 1.39. The third-order valence-electron chi connectivity index (χ3n) is 0.660. The van der Waals surface area contributed by atoms with Gasteiger partial charge in [0, 0.05) is 13.2 Å². The van der Waals surface area contributed by atoms with Crippen LogP contribution in [0, 0.1) is 0 Å². The summed E-state index contributed by atoms with van der Waals surface area (Å²) in [5, 5.41) is 0. The number of halogens is 1. The molecule has 0 unspecified atom stereocenters. The van der Waals surface area contributed by atoms with Crippen LogP contribution < -0.4 is 0 Å². The Bertz CT molecular complexity index is 28.4. The fourth-order valence-corrected chi connectivity index (χ4v) is 0.370. The van der Waals surface area contributed by atoms with Crippen LogP contribution in [-0.2, 0) is 9.31 Å². The molecule has 0 bridgehead atoms. The molecule has 41 valence electrons. The molecule has 1 saturated heterocycles. The van der Waals surface area contributed by atoms with Crippen molar-refractivity contribution in [2.24, 2.45) is 0 Å². The van der Waals surface area contributed by atoms with Crippen LogP contribution in [0.4, 0.5) is 4.70 Å². The lowest BCUT2D eigenvalue weighted by molar-refractivity contribution is 0.156. The molecule has 0 aliphatic carbocycles. The zero-order valence-corrected chi connectivity index (χ0v) is 3.92. The fourth-order valence-electron chi connectivity index (χ4n) is 0.370. The molecule has 1 rings (SSSR count). The van der Waals surface area contributed by atoms with Gasteiger partial charge in [-0.3, -0.25) is 4.70 Å². The van der Waals surface area contributed by atoms with Gasteiger partial charge in [-0.15, -0.1) is 0 Å². The van der Waals surface area contributed by atoms with Crippen LogP contribution in [-0.4, -0.2) is 20.9 Å². The molecule has 1 radical (unpaired) electrons. The molecule has 1 aliphatic rings. The van der Waals surface area contributed by atoms with E-state index >= 15 is 0 Å². The zero-order chi connectivity index (χ0) is 4.24. The van der Waals surface area contributed by atoms with Crippen molar-refractivity contribution in [2.45, 2.75) is 6.42 Å². The predicted molar refractivity (Wildman–Crippen MR) is 24.8 cm³/mol. The van der Waals surface area contributed by atoms with Crippen LogP contribution in [0.25, 0.3) is 0 Å². The van der Waals surface area contributed by atoms with Crippen molar-refractivity contribution >= 4 is 7.69 Å². The van der Waals surface area contributed by atoms with Gasteiger partial charge >= 0.3 is 7.69 Å². The van der Waals surface area contributed by atoms with Crippen molar-refractivity contribution < 1.29 is 14.0 Å². The predicted octanol–water partition coefficient (Wildman–Crippen LogP) is 0.110. The van der Waals surface area contributed by atoms with E-state index in [1.54, 1.807) is 0 Å². The Labute approximate surface area is 42.5 Å². The largest absolute Gasteiger partial charge is 0.487 e. The van der Waals surface area contributed by atoms with Crippen LogP contribution in [0.15, 0.2) is 0 Å². The highest BCUT2D eigenvalue weighted by atomic mass is 19.0. The highest BCUT2D eigenvalue weighted by Crippen LogP contribution is 1.89. The van der Waals surface area contributed by atoms with Crippen molar-refractivity contribution in [1.82, 2.24) is 0 Å². The summed E-state index contributed by atoms with van der Waals surface area (Å²) in [6.45, 7) is 1.64. The molecule has 0 saturated carbocycles. The second-order valence-corrected chi connectivity index (χ2v) is 1.19. The van der Waals surface area contributed by atoms with E-state index in [4.69, 9.17) is 9.31 Å². The highest BCUT2D eigenvalue weighted by molar-refractivity contribution is 6.18. The maximum Gasteiger partial charge on any atom is 0.487 e. The molecule has 0 N–H and O–H groups in total. The Morgan fingerprint density at radius 3 is 1.86 bits per heavy atom. The first kappa shape index (κ1) is 6.91. The van der Waals surface area contributed by atoms with E-state index in [2.05, 4.69) is 0 Å². The van der Waals surface area contributed by atoms with E-state index in [1.807, 2.05) is 0 Å². The summed E-state index contributed by atoms with van der Waals surface area (Å²) < 4.78 is 9.44. The monoisotopic (exact) mass is 105 g/mol. The Morgan fingerprint density at radius 1 is 1.14 bits per heavy atom. The maximum atomic E-state index is 4.72. The minimum absolute atomic E-state index is 0. The van der Waals surface area contributed by atoms with Gasteiger partial charge in [0.2, 0.25) is 0 Å². The lowest BCUT2D eigenvalue weighted by atomic mass is 10.3. The first-order valence-corrected chi connectivity index (χ1v) is 2.05. The summed E-state index contributed by atoms with van der Waals surface area (Å²) in [6.07, 6.45) is 1.02. The van der Waals surface area contributed by atoms with Crippen molar-refractivity contribution in [3.05, 3.63) is 0 Å². The van der Waals surface area contributed by atoms with Gasteiger partial charge in [0.15, 0.2) is 0 Å². The number of hydrogen-bond acceptors (Lipinski definition) is 2. The first-order valence-electron chi connectivity index (χ1n) is 2.05. The van der Waals surface area contributed by atoms with Gasteiger partial charge in [-0.25, -0.2) is 0 Å². The molecule has 4 heteroatoms. The summed E-state index contributed by atoms with van der Waals surface area (Å²) >= 11 is 0. The van der Waals surface area contributed by atoms with Gasteiger partial charge < -0.3 is 9.31 Å². The van der Waals surface area contributed by atoms with E-state index in [9.17, 15) is 0 Å². The lowest BCUT2D eigenvalue weighted by Crippen LogP contribution is -2.14. The third-order valence-corrected chi connectivity index (χ3v) is 0.660. The van der Waals surface area contributed by atoms with Gasteiger partial charge in [-0.1, -0.05) is 0 Å². The SMILES string of the molecule is F.[B]1OCCCO1. The van der Waals surface area contributed by atoms with Gasteiger partial charge in [-0.05, 0) is 6.42 Å². The quantitative estimate of drug-likeness (QED) is 0.407. The number of rotatable bonds is 0. The minimum atomic E-state index is 0. The molecule has 7 heavy (non-hydrogen) atoms. The van der Waals surface area contributed by atoms with Crippen LogP contribution in [0.1, 0.15) is 6.42 Å². The van der Waals surface area contributed by atoms with Crippen molar-refractivity contribution in [3.8, 4) is 0 Å². The normalized spacial score (nSPS) is 19.4. The van der Waals surface area contributed by atoms with Crippen molar-refractivity contribution in [1.29, 1.82) is 0 Å². The van der Waals surface area contributed by atoms with Gasteiger partial charge in [0.1, 0.15) is 0 Å². The smallest absolute Gasteiger partial charge is 0.413 e. The lowest BCUT2D eigenvalue weighted by Gasteiger charge is -2.07. The van der Waals surface area contributed by atoms with Gasteiger partial charge in [0.05, 0.1) is 0 Å². The molecule has 2 nitrogen and oxygen atoms in total. The molecule has 0 aromatic heterocycles. The van der Waals surface area contributed by atoms with E-state index in [0.29, 0.717) is 0 Å². The van der Waals surface area contributed by atoms with E-state index in [0.717, 1.165) is 19.6 Å². The topological polar surface area (TPSA) is 18.5 Å². The van der Waals surface area contributed by atoms with Crippen LogP contribution in [0.3, 0.4) is 0 Å². The van der Waals surface area contributed by atoms with Gasteiger partial charge in [-0.2, -0.15) is 0 Å². The van der Waals surface area contributed by atoms with Crippen molar-refractivity contribution in [2.75, 3.05) is 13.2 Å². The average Bonchev–Trinajstić information content (AvgIpc) is 1.72. The van der Waals surface area contributed by atoms with Crippen molar-refractivity contribution in [3.63, 3.8) is 0 Å². The van der Waals surface area contributed by atoms with Crippen LogP contribution in [0.2, 0.25) is 0 Å². The van der Waals surface area contributed by atoms with Crippen LogP contribution >= 0.6 is 0 Å². The van der Waals surface area contributed by atoms with Gasteiger partial charge in [0.25, 0.3) is 0 Å². The second kappa shape index (κ2) is 4.08. The highest BCUT2D eigenvalue weighted by Gasteiger charge is 1.99. The Balaban J connectivity index is 0.000000360. The average molecular weight is 105 g/mol. The summed E-state index contributed by atoms with van der Waals surface area (Å²) in [5.74, 6) is 0.